The van der Waals surface area contributed by atoms with Gasteiger partial charge in [-0.15, -0.1) is 6.58 Å². The number of fused-ring (bicyclic) bond motifs is 16. The Balaban J connectivity index is 0.000000123. The van der Waals surface area contributed by atoms with Crippen LogP contribution >= 0.6 is 0 Å². The second kappa shape index (κ2) is 23.0. The minimum atomic E-state index is -0.256. The summed E-state index contributed by atoms with van der Waals surface area (Å²) >= 11 is 0. The first-order chi connectivity index (χ1) is 38.2. The van der Waals surface area contributed by atoms with Crippen molar-refractivity contribution in [1.29, 1.82) is 0 Å². The molecule has 14 saturated carbocycles. The quantitative estimate of drug-likeness (QED) is 0.255. The maximum Gasteiger partial charge on any atom is 0.174 e. The molecule has 0 N–H and O–H groups in total. The van der Waals surface area contributed by atoms with E-state index in [1.807, 2.05) is 0 Å². The molecule has 0 radical (unpaired) electrons. The van der Waals surface area contributed by atoms with Gasteiger partial charge in [0, 0.05) is 87.2 Å². The zero-order chi connectivity index (χ0) is 54.2. The van der Waals surface area contributed by atoms with Crippen LogP contribution < -0.4 is 0 Å². The molecule has 17 rings (SSSR count). The smallest absolute Gasteiger partial charge is 0.174 e. The standard InChI is InChI=1S/C25H38O4.C21H30O2.C20H28O2.C4H8O.3CH4/c1-22-8-6-21-19(20(22)7-9-25(22)28-14-15-29-25)5-4-18-16-23(26-12-13-27-23)10-11-24(18,21)17-2-3-17;1-20-10-9-18-16(17(20)6-7-19(20)23)5-4-14-12-15(22)8-11-21(14,18)13-2-3-13;1-3-20-11-8-14(21)12-13(20)4-5-15-16-6-7-18(22)19(16,2)10-9-17(15)20;1-2-4-5-3-1;;;/h17-21H,2-16H2,1H3;13-14,16-18H,2-12H2,1H3;3,13,15-17H,1,4-12H2,2H3;1-4H2;3*1H4/t18-,19+,20+,21+,22+,24-;14-,16+,17+,18+,20+,21-;13-,15+,16+,17+,19+,20+;;;;/m111..../s1. The highest BCUT2D eigenvalue weighted by molar-refractivity contribution is 5.88. The number of allylic oxidation sites excluding steroid dienone is 1. The van der Waals surface area contributed by atoms with E-state index in [0.29, 0.717) is 69.5 Å². The zero-order valence-electron chi connectivity index (χ0n) is 49.6. The van der Waals surface area contributed by atoms with E-state index in [1.165, 1.54) is 128 Å². The molecule has 0 bridgehead atoms. The number of Topliss-reactive ketones (excluding diaryl/α,β-unsaturated/α-hetero) is 4. The van der Waals surface area contributed by atoms with Crippen molar-refractivity contribution < 1.29 is 42.9 Å². The fourth-order valence-corrected chi connectivity index (χ4v) is 25.4. The van der Waals surface area contributed by atoms with Crippen molar-refractivity contribution in [2.45, 2.75) is 267 Å². The van der Waals surface area contributed by atoms with E-state index >= 15 is 0 Å². The number of hydrogen-bond donors (Lipinski definition) is 0. The van der Waals surface area contributed by atoms with Crippen LogP contribution in [0.4, 0.5) is 0 Å². The van der Waals surface area contributed by atoms with Crippen LogP contribution in [0.25, 0.3) is 0 Å². The Morgan fingerprint density at radius 2 is 0.890 bits per heavy atom. The Morgan fingerprint density at radius 1 is 0.415 bits per heavy atom. The summed E-state index contributed by atoms with van der Waals surface area (Å²) in [4.78, 5) is 49.0. The van der Waals surface area contributed by atoms with Crippen molar-refractivity contribution in [3.05, 3.63) is 12.7 Å². The number of ether oxygens (including phenoxy) is 5. The lowest BCUT2D eigenvalue weighted by Gasteiger charge is -2.63. The van der Waals surface area contributed by atoms with E-state index in [0.717, 1.165) is 170 Å². The minimum Gasteiger partial charge on any atom is -0.381 e. The maximum atomic E-state index is 12.5. The molecule has 17 aliphatic rings. The number of carbonyl (C=O) groups is 4. The first-order valence-electron chi connectivity index (χ1n) is 34.0. The highest BCUT2D eigenvalue weighted by Gasteiger charge is 2.71. The molecule has 0 aromatic carbocycles. The summed E-state index contributed by atoms with van der Waals surface area (Å²) in [5.74, 6) is 12.3. The van der Waals surface area contributed by atoms with E-state index in [1.54, 1.807) is 0 Å². The van der Waals surface area contributed by atoms with Gasteiger partial charge in [0.25, 0.3) is 0 Å². The van der Waals surface area contributed by atoms with E-state index in [2.05, 4.69) is 33.4 Å². The SMILES string of the molecule is C.C.C.C1CCOC1.C=C[C@]12CCC(=O)C[C@H]1CC[C@@H]1[C@@H]2CC[C@]2(C)C(=O)CC[C@@H]12.C[C@]12CC[C@H]3[C@@H](CC[C@@H]4CC(=O)CC[C@@]43C3CC3)[C@@H]1CCC2=O.C[C@]12CC[C@H]3[C@@H](CC[C@@H]4CC5(CC[C@@]43C3CC3)OCCO5)[C@@H]1CCC21OCCO1. The van der Waals surface area contributed by atoms with Crippen molar-refractivity contribution in [2.75, 3.05) is 39.6 Å². The largest absolute Gasteiger partial charge is 0.381 e. The lowest BCUT2D eigenvalue weighted by atomic mass is 9.43. The molecule has 2 spiro atoms. The molecule has 0 unspecified atom stereocenters. The van der Waals surface area contributed by atoms with Crippen LogP contribution in [0.2, 0.25) is 0 Å². The highest BCUT2D eigenvalue weighted by Crippen LogP contribution is 2.75. The zero-order valence-corrected chi connectivity index (χ0v) is 49.6. The van der Waals surface area contributed by atoms with Crippen molar-refractivity contribution in [2.24, 2.45) is 115 Å². The van der Waals surface area contributed by atoms with Crippen molar-refractivity contribution >= 4 is 23.1 Å². The van der Waals surface area contributed by atoms with Crippen molar-refractivity contribution in [3.8, 4) is 0 Å². The molecule has 18 atom stereocenters. The van der Waals surface area contributed by atoms with Crippen LogP contribution in [0.15, 0.2) is 12.7 Å². The first kappa shape index (κ1) is 61.9. The van der Waals surface area contributed by atoms with Gasteiger partial charge in [-0.25, -0.2) is 0 Å². The minimum absolute atomic E-state index is 0. The molecule has 3 saturated heterocycles. The van der Waals surface area contributed by atoms with Gasteiger partial charge in [-0.3, -0.25) is 19.2 Å². The summed E-state index contributed by atoms with van der Waals surface area (Å²) in [6, 6.07) is 0. The van der Waals surface area contributed by atoms with Crippen LogP contribution in [0.3, 0.4) is 0 Å². The van der Waals surface area contributed by atoms with Crippen LogP contribution in [-0.2, 0) is 42.9 Å². The summed E-state index contributed by atoms with van der Waals surface area (Å²) in [5, 5.41) is 0. The lowest BCUT2D eigenvalue weighted by molar-refractivity contribution is -0.262. The molecular weight excluding hydrogens is 1020 g/mol. The van der Waals surface area contributed by atoms with Crippen LogP contribution in [0.5, 0.6) is 0 Å². The fraction of sp³-hybridized carbons (Fsp3) is 0.918. The molecule has 9 heteroatoms. The van der Waals surface area contributed by atoms with E-state index in [9.17, 15) is 19.2 Å². The predicted octanol–water partition coefficient (Wildman–Crippen LogP) is 16.5. The van der Waals surface area contributed by atoms with Crippen LogP contribution in [-0.4, -0.2) is 74.3 Å². The van der Waals surface area contributed by atoms with Crippen LogP contribution in [0, 0.1) is 115 Å². The monoisotopic (exact) mass is 1140 g/mol. The molecule has 0 aromatic heterocycles. The Hall–Kier alpha value is -1.78. The van der Waals surface area contributed by atoms with Crippen molar-refractivity contribution in [3.63, 3.8) is 0 Å². The third kappa shape index (κ3) is 9.45. The van der Waals surface area contributed by atoms with Gasteiger partial charge in [0.05, 0.1) is 26.4 Å². The van der Waals surface area contributed by atoms with Gasteiger partial charge >= 0.3 is 0 Å². The Labute approximate surface area is 497 Å². The predicted molar refractivity (Wildman–Crippen MR) is 323 cm³/mol. The van der Waals surface area contributed by atoms with Gasteiger partial charge in [-0.05, 0) is 253 Å². The topological polar surface area (TPSA) is 114 Å². The van der Waals surface area contributed by atoms with E-state index < -0.39 is 0 Å². The van der Waals surface area contributed by atoms with Gasteiger partial charge in [0.15, 0.2) is 11.6 Å². The molecule has 0 amide bonds. The molecule has 3 aliphatic heterocycles. The molecular formula is C73H116O9. The second-order valence-corrected chi connectivity index (χ2v) is 31.4. The Morgan fingerprint density at radius 3 is 1.46 bits per heavy atom. The second-order valence-electron chi connectivity index (χ2n) is 31.4. The summed E-state index contributed by atoms with van der Waals surface area (Å²) in [7, 11) is 0. The third-order valence-corrected chi connectivity index (χ3v) is 29.2. The van der Waals surface area contributed by atoms with Crippen LogP contribution in [0.1, 0.15) is 255 Å². The number of ketones is 4. The maximum absolute atomic E-state index is 12.5. The van der Waals surface area contributed by atoms with Gasteiger partial charge in [-0.2, -0.15) is 0 Å². The number of hydrogen-bond acceptors (Lipinski definition) is 9. The Bertz CT molecular complexity index is 2350. The van der Waals surface area contributed by atoms with Gasteiger partial charge < -0.3 is 23.7 Å². The molecule has 82 heavy (non-hydrogen) atoms. The number of carbonyl (C=O) groups excluding carboxylic acids is 4. The highest BCUT2D eigenvalue weighted by atomic mass is 16.7. The molecule has 0 aromatic rings. The average molecular weight is 1140 g/mol. The summed E-state index contributed by atoms with van der Waals surface area (Å²) in [6.45, 7) is 16.5. The lowest BCUT2D eigenvalue weighted by Crippen LogP contribution is -2.60. The van der Waals surface area contributed by atoms with Crippen molar-refractivity contribution in [1.82, 2.24) is 0 Å². The first-order valence-corrected chi connectivity index (χ1v) is 34.0. The normalized spacial score (nSPS) is 48.5. The average Bonchev–Trinajstić information content (AvgIpc) is 3.19. The fourth-order valence-electron chi connectivity index (χ4n) is 25.4. The Kier molecular flexibility index (Phi) is 17.3. The summed E-state index contributed by atoms with van der Waals surface area (Å²) in [5.41, 5.74) is 1.45. The molecule has 9 nitrogen and oxygen atoms in total. The van der Waals surface area contributed by atoms with E-state index in [-0.39, 0.29) is 55.5 Å². The molecule has 17 fully saturated rings. The third-order valence-electron chi connectivity index (χ3n) is 29.2. The van der Waals surface area contributed by atoms with Gasteiger partial charge in [-0.1, -0.05) is 49.1 Å². The van der Waals surface area contributed by atoms with Gasteiger partial charge in [0.1, 0.15) is 23.1 Å². The molecule has 3 heterocycles. The van der Waals surface area contributed by atoms with E-state index in [4.69, 9.17) is 23.7 Å². The number of rotatable bonds is 3. The van der Waals surface area contributed by atoms with Gasteiger partial charge in [0.2, 0.25) is 0 Å². The molecule has 14 aliphatic carbocycles. The summed E-state index contributed by atoms with van der Waals surface area (Å²) < 4.78 is 30.1. The molecule has 462 valence electrons. The summed E-state index contributed by atoms with van der Waals surface area (Å²) in [6.07, 6.45) is 41.1.